The van der Waals surface area contributed by atoms with Crippen molar-refractivity contribution in [3.05, 3.63) is 53.4 Å². The minimum absolute atomic E-state index is 0.0000923. The third-order valence-corrected chi connectivity index (χ3v) is 8.67. The highest BCUT2D eigenvalue weighted by Gasteiger charge is 2.41. The van der Waals surface area contributed by atoms with Crippen molar-refractivity contribution in [3.8, 4) is 0 Å². The second-order valence-corrected chi connectivity index (χ2v) is 12.1. The maximum atomic E-state index is 14.9. The number of nitrogens with zero attached hydrogens (tertiary/aromatic N) is 1. The summed E-state index contributed by atoms with van der Waals surface area (Å²) in [6.07, 6.45) is 2.68. The summed E-state index contributed by atoms with van der Waals surface area (Å²) in [7, 11) is -0.388. The van der Waals surface area contributed by atoms with Crippen molar-refractivity contribution in [2.24, 2.45) is 0 Å². The van der Waals surface area contributed by atoms with Crippen LogP contribution in [0, 0.1) is 4.91 Å². The first-order chi connectivity index (χ1) is 17.1. The maximum Gasteiger partial charge on any atom is 0.277 e. The summed E-state index contributed by atoms with van der Waals surface area (Å²) in [5.41, 5.74) is -1.72. The zero-order valence-electron chi connectivity index (χ0n) is 20.6. The van der Waals surface area contributed by atoms with E-state index in [0.29, 0.717) is 18.5 Å². The Kier molecular flexibility index (Phi) is 9.86. The minimum atomic E-state index is -4.35. The first-order valence-corrected chi connectivity index (χ1v) is 14.5. The Morgan fingerprint density at radius 1 is 1.14 bits per heavy atom. The molecule has 1 saturated carbocycles. The van der Waals surface area contributed by atoms with Crippen LogP contribution in [-0.4, -0.2) is 57.3 Å². The van der Waals surface area contributed by atoms with Gasteiger partial charge in [0.2, 0.25) is 0 Å². The Hall–Kier alpha value is -2.50. The molecule has 0 aliphatic heterocycles. The second kappa shape index (κ2) is 12.6. The van der Waals surface area contributed by atoms with Crippen LogP contribution in [0.1, 0.15) is 38.5 Å². The number of amides is 1. The Morgan fingerprint density at radius 2 is 1.83 bits per heavy atom. The largest absolute Gasteiger partial charge is 0.376 e. The van der Waals surface area contributed by atoms with E-state index in [9.17, 15) is 22.5 Å². The number of alkyl halides is 1. The van der Waals surface area contributed by atoms with E-state index in [1.807, 2.05) is 49.1 Å². The molecule has 3 N–H and O–H groups in total. The molecule has 0 unspecified atom stereocenters. The van der Waals surface area contributed by atoms with E-state index in [1.54, 1.807) is 16.9 Å². The standard InChI is InChI=1S/C25H33FN4O4S2/c1-30(2)16-13-19(18-35-20-9-5-3-6-10-20)27-22-12-11-21(17-23(22)28-32)36(33,34)29-24(31)25(26)14-7-4-8-15-25/h3,5-6,9-12,17,19,27H,4,7-8,13-16,18H2,1-2H3,(H,29,31)/p+1/t19-/m1/s1. The van der Waals surface area contributed by atoms with E-state index < -0.39 is 21.6 Å². The summed E-state index contributed by atoms with van der Waals surface area (Å²) in [5.74, 6) is -0.423. The van der Waals surface area contributed by atoms with Gasteiger partial charge in [-0.25, -0.2) is 17.5 Å². The predicted molar refractivity (Wildman–Crippen MR) is 140 cm³/mol. The Morgan fingerprint density at radius 3 is 2.47 bits per heavy atom. The SMILES string of the molecule is CN(C)CC[C@H](CSc1ccccc1)Nc1ccc(S(=O)(=O)NC(=O)C2(F)CCCCC2)cc1[NH+]=O. The number of nitrogens with one attached hydrogen (secondary N) is 3. The maximum absolute atomic E-state index is 14.9. The number of sulfonamides is 1. The smallest absolute Gasteiger partial charge is 0.277 e. The fourth-order valence-corrected chi connectivity index (χ4v) is 6.12. The zero-order valence-corrected chi connectivity index (χ0v) is 22.3. The van der Waals surface area contributed by atoms with Crippen LogP contribution in [0.2, 0.25) is 0 Å². The number of rotatable bonds is 12. The van der Waals surface area contributed by atoms with Gasteiger partial charge in [-0.3, -0.25) is 4.79 Å². The molecule has 0 bridgehead atoms. The van der Waals surface area contributed by atoms with Crippen molar-refractivity contribution in [2.75, 3.05) is 31.7 Å². The Bertz CT molecular complexity index is 1140. The molecule has 0 spiro atoms. The van der Waals surface area contributed by atoms with Crippen LogP contribution >= 0.6 is 11.8 Å². The van der Waals surface area contributed by atoms with E-state index in [0.717, 1.165) is 36.1 Å². The van der Waals surface area contributed by atoms with E-state index >= 15 is 0 Å². The van der Waals surface area contributed by atoms with Crippen molar-refractivity contribution in [1.82, 2.24) is 9.62 Å². The number of thioether (sulfide) groups is 1. The lowest BCUT2D eigenvalue weighted by molar-refractivity contribution is -0.378. The normalized spacial score (nSPS) is 16.3. The van der Waals surface area contributed by atoms with Gasteiger partial charge in [-0.05, 0) is 77.0 Å². The first kappa shape index (κ1) is 28.1. The molecule has 1 aliphatic carbocycles. The highest BCUT2D eigenvalue weighted by Crippen LogP contribution is 2.32. The average Bonchev–Trinajstić information content (AvgIpc) is 2.86. The van der Waals surface area contributed by atoms with Crippen molar-refractivity contribution in [3.63, 3.8) is 0 Å². The number of benzene rings is 2. The van der Waals surface area contributed by atoms with Gasteiger partial charge in [-0.1, -0.05) is 24.6 Å². The molecule has 0 saturated heterocycles. The van der Waals surface area contributed by atoms with Crippen molar-refractivity contribution in [2.45, 2.75) is 60.0 Å². The van der Waals surface area contributed by atoms with Crippen LogP contribution in [0.4, 0.5) is 15.8 Å². The van der Waals surface area contributed by atoms with E-state index in [1.165, 1.54) is 12.1 Å². The molecule has 2 aromatic rings. The predicted octanol–water partition coefficient (Wildman–Crippen LogP) is 3.17. The fraction of sp³-hybridized carbons (Fsp3) is 0.480. The van der Waals surface area contributed by atoms with E-state index in [-0.39, 0.29) is 29.5 Å². The van der Waals surface area contributed by atoms with Gasteiger partial charge >= 0.3 is 0 Å². The molecule has 0 radical (unpaired) electrons. The van der Waals surface area contributed by atoms with Gasteiger partial charge in [0, 0.05) is 32.8 Å². The molecule has 196 valence electrons. The lowest BCUT2D eigenvalue weighted by Gasteiger charge is -2.27. The molecule has 3 rings (SSSR count). The Labute approximate surface area is 216 Å². The monoisotopic (exact) mass is 537 g/mol. The number of anilines is 1. The molecule has 1 fully saturated rings. The number of carbonyl (C=O) groups excluding carboxylic acids is 1. The summed E-state index contributed by atoms with van der Waals surface area (Å²) in [5, 5.41) is 5.14. The van der Waals surface area contributed by atoms with Crippen LogP contribution in [0.5, 0.6) is 0 Å². The summed E-state index contributed by atoms with van der Waals surface area (Å²) in [6, 6.07) is 13.9. The highest BCUT2D eigenvalue weighted by atomic mass is 32.2. The zero-order chi connectivity index (χ0) is 26.2. The number of halogens is 1. The van der Waals surface area contributed by atoms with Gasteiger partial charge in [-0.15, -0.1) is 11.8 Å². The van der Waals surface area contributed by atoms with Crippen molar-refractivity contribution in [1.29, 1.82) is 0 Å². The third-order valence-electron chi connectivity index (χ3n) is 6.17. The molecular formula is C25H34FN4O4S2+. The van der Waals surface area contributed by atoms with Gasteiger partial charge in [0.15, 0.2) is 5.67 Å². The molecule has 8 nitrogen and oxygen atoms in total. The Balaban J connectivity index is 1.75. The topological polar surface area (TPSA) is 110 Å². The van der Waals surface area contributed by atoms with Gasteiger partial charge in [0.1, 0.15) is 5.69 Å². The highest BCUT2D eigenvalue weighted by molar-refractivity contribution is 7.99. The molecule has 36 heavy (non-hydrogen) atoms. The molecule has 11 heteroatoms. The van der Waals surface area contributed by atoms with Crippen molar-refractivity contribution < 1.29 is 22.8 Å². The summed E-state index contributed by atoms with van der Waals surface area (Å²) < 4.78 is 42.4. The van der Waals surface area contributed by atoms with E-state index in [4.69, 9.17) is 0 Å². The van der Waals surface area contributed by atoms with Gasteiger partial charge in [0.25, 0.3) is 21.6 Å². The molecule has 2 aromatic carbocycles. The molecule has 0 aromatic heterocycles. The van der Waals surface area contributed by atoms with Crippen LogP contribution in [-0.2, 0) is 14.8 Å². The number of hydrogen-bond donors (Lipinski definition) is 3. The molecule has 1 atom stereocenters. The lowest BCUT2D eigenvalue weighted by atomic mass is 9.86. The second-order valence-electron chi connectivity index (χ2n) is 9.33. The minimum Gasteiger partial charge on any atom is -0.376 e. The van der Waals surface area contributed by atoms with Crippen LogP contribution in [0.15, 0.2) is 58.3 Å². The molecule has 1 aliphatic rings. The number of hydrogen-bond acceptors (Lipinski definition) is 7. The van der Waals surface area contributed by atoms with Crippen LogP contribution in [0.3, 0.4) is 0 Å². The quantitative estimate of drug-likeness (QED) is 0.357. The molecular weight excluding hydrogens is 503 g/mol. The first-order valence-electron chi connectivity index (χ1n) is 12.0. The number of nitroso groups, excluding NO2 is 1. The molecule has 0 heterocycles. The summed E-state index contributed by atoms with van der Waals surface area (Å²) >= 11 is 1.68. The van der Waals surface area contributed by atoms with Crippen molar-refractivity contribution >= 4 is 39.1 Å². The van der Waals surface area contributed by atoms with Gasteiger partial charge in [-0.2, -0.15) is 0 Å². The lowest BCUT2D eigenvalue weighted by Crippen LogP contribution is -2.56. The van der Waals surface area contributed by atoms with Crippen LogP contribution in [0.25, 0.3) is 0 Å². The van der Waals surface area contributed by atoms with Gasteiger partial charge < -0.3 is 10.2 Å². The number of carbonyl (C=O) groups is 1. The van der Waals surface area contributed by atoms with E-state index in [2.05, 4.69) is 10.2 Å². The third kappa shape index (κ3) is 7.75. The van der Waals surface area contributed by atoms with Gasteiger partial charge in [0.05, 0.1) is 4.90 Å². The average molecular weight is 538 g/mol. The summed E-state index contributed by atoms with van der Waals surface area (Å²) in [6.45, 7) is 0.816. The fourth-order valence-electron chi connectivity index (χ4n) is 4.06. The van der Waals surface area contributed by atoms with Crippen LogP contribution < -0.4 is 15.2 Å². The molecule has 1 amide bonds. The summed E-state index contributed by atoms with van der Waals surface area (Å²) in [4.78, 5) is 27.1.